The van der Waals surface area contributed by atoms with E-state index in [0.29, 0.717) is 36.2 Å². The molecule has 3 rings (SSSR count). The molecule has 1 fully saturated rings. The Morgan fingerprint density at radius 3 is 2.48 bits per heavy atom. The molecule has 0 aromatic heterocycles. The summed E-state index contributed by atoms with van der Waals surface area (Å²) in [5.74, 6) is 0.743. The lowest BCUT2D eigenvalue weighted by atomic mass is 10.3. The molecule has 1 saturated heterocycles. The maximum Gasteiger partial charge on any atom is 0.243 e. The first-order valence-electron chi connectivity index (χ1n) is 8.36. The fourth-order valence-electron chi connectivity index (χ4n) is 2.81. The summed E-state index contributed by atoms with van der Waals surface area (Å²) < 4.78 is 33.1. The van der Waals surface area contributed by atoms with Gasteiger partial charge in [-0.25, -0.2) is 8.42 Å². The third-order valence-electron chi connectivity index (χ3n) is 4.28. The minimum atomic E-state index is -3.51. The molecule has 0 radical (unpaired) electrons. The van der Waals surface area contributed by atoms with E-state index in [4.69, 9.17) is 17.0 Å². The van der Waals surface area contributed by atoms with Gasteiger partial charge in [-0.1, -0.05) is 28.1 Å². The highest BCUT2D eigenvalue weighted by Gasteiger charge is 2.29. The van der Waals surface area contributed by atoms with Crippen LogP contribution < -0.4 is 10.1 Å². The zero-order chi connectivity index (χ0) is 19.4. The highest BCUT2D eigenvalue weighted by Crippen LogP contribution is 2.22. The zero-order valence-corrected chi connectivity index (χ0v) is 18.0. The van der Waals surface area contributed by atoms with E-state index in [-0.39, 0.29) is 0 Å². The van der Waals surface area contributed by atoms with Crippen LogP contribution in [-0.4, -0.2) is 56.0 Å². The number of rotatable bonds is 4. The smallest absolute Gasteiger partial charge is 0.243 e. The van der Waals surface area contributed by atoms with Crippen LogP contribution in [0.2, 0.25) is 0 Å². The van der Waals surface area contributed by atoms with Crippen molar-refractivity contribution in [2.75, 3.05) is 38.6 Å². The molecule has 1 heterocycles. The van der Waals surface area contributed by atoms with Crippen LogP contribution in [0.5, 0.6) is 5.75 Å². The first kappa shape index (κ1) is 20.1. The Kier molecular flexibility index (Phi) is 6.36. The van der Waals surface area contributed by atoms with Gasteiger partial charge in [0, 0.05) is 42.4 Å². The maximum absolute atomic E-state index is 12.8. The van der Waals surface area contributed by atoms with Gasteiger partial charge in [-0.15, -0.1) is 0 Å². The number of ether oxygens (including phenoxy) is 1. The van der Waals surface area contributed by atoms with E-state index in [2.05, 4.69) is 21.2 Å². The number of halogens is 1. The molecule has 1 N–H and O–H groups in total. The van der Waals surface area contributed by atoms with Crippen molar-refractivity contribution in [1.82, 2.24) is 9.21 Å². The number of nitrogens with zero attached hydrogens (tertiary/aromatic N) is 2. The second-order valence-corrected chi connectivity index (χ2v) is 9.25. The Morgan fingerprint density at radius 1 is 1.11 bits per heavy atom. The van der Waals surface area contributed by atoms with Crippen LogP contribution in [0.25, 0.3) is 0 Å². The summed E-state index contributed by atoms with van der Waals surface area (Å²) in [6.45, 7) is 1.83. The van der Waals surface area contributed by atoms with Crippen molar-refractivity contribution >= 4 is 49.0 Å². The number of piperazine rings is 1. The molecule has 2 aromatic rings. The Balaban J connectivity index is 1.62. The third-order valence-corrected chi connectivity index (χ3v) is 7.03. The fourth-order valence-corrected chi connectivity index (χ4v) is 5.13. The number of sulfonamides is 1. The zero-order valence-electron chi connectivity index (χ0n) is 14.8. The van der Waals surface area contributed by atoms with Gasteiger partial charge in [0.2, 0.25) is 10.0 Å². The maximum atomic E-state index is 12.8. The van der Waals surface area contributed by atoms with Crippen LogP contribution in [0.1, 0.15) is 0 Å². The van der Waals surface area contributed by atoms with Crippen LogP contribution in [0.3, 0.4) is 0 Å². The van der Waals surface area contributed by atoms with E-state index in [9.17, 15) is 8.42 Å². The number of thiocarbonyl (C=S) groups is 1. The number of hydrogen-bond acceptors (Lipinski definition) is 4. The van der Waals surface area contributed by atoms with Gasteiger partial charge in [0.15, 0.2) is 5.11 Å². The van der Waals surface area contributed by atoms with Crippen molar-refractivity contribution in [3.05, 3.63) is 53.0 Å². The quantitative estimate of drug-likeness (QED) is 0.693. The Morgan fingerprint density at radius 2 is 1.81 bits per heavy atom. The third kappa shape index (κ3) is 4.78. The normalized spacial score (nSPS) is 15.4. The molecule has 144 valence electrons. The van der Waals surface area contributed by atoms with E-state index in [1.807, 2.05) is 29.2 Å². The van der Waals surface area contributed by atoms with Crippen LogP contribution in [0.4, 0.5) is 5.69 Å². The van der Waals surface area contributed by atoms with Crippen LogP contribution >= 0.6 is 28.1 Å². The summed E-state index contributed by atoms with van der Waals surface area (Å²) in [5, 5.41) is 3.75. The number of benzene rings is 2. The molecule has 0 unspecified atom stereocenters. The van der Waals surface area contributed by atoms with Crippen molar-refractivity contribution in [2.24, 2.45) is 0 Å². The molecular formula is C18H20BrN3O3S2. The molecule has 0 amide bonds. The molecule has 1 aliphatic heterocycles. The number of anilines is 1. The van der Waals surface area contributed by atoms with E-state index in [1.54, 1.807) is 31.4 Å². The summed E-state index contributed by atoms with van der Waals surface area (Å²) in [7, 11) is -1.89. The summed E-state index contributed by atoms with van der Waals surface area (Å²) >= 11 is 8.80. The van der Waals surface area contributed by atoms with Crippen molar-refractivity contribution in [3.63, 3.8) is 0 Å². The van der Waals surface area contributed by atoms with Crippen molar-refractivity contribution in [2.45, 2.75) is 4.90 Å². The van der Waals surface area contributed by atoms with Gasteiger partial charge >= 0.3 is 0 Å². The molecule has 0 atom stereocenters. The number of methoxy groups -OCH3 is 1. The van der Waals surface area contributed by atoms with Crippen LogP contribution in [-0.2, 0) is 10.0 Å². The minimum Gasteiger partial charge on any atom is -0.497 e. The largest absolute Gasteiger partial charge is 0.497 e. The molecule has 2 aromatic carbocycles. The Bertz CT molecular complexity index is 929. The van der Waals surface area contributed by atoms with Gasteiger partial charge in [0.1, 0.15) is 5.75 Å². The van der Waals surface area contributed by atoms with Crippen molar-refractivity contribution < 1.29 is 13.2 Å². The highest BCUT2D eigenvalue weighted by molar-refractivity contribution is 9.10. The summed E-state index contributed by atoms with van der Waals surface area (Å²) in [4.78, 5) is 2.27. The first-order chi connectivity index (χ1) is 12.9. The summed E-state index contributed by atoms with van der Waals surface area (Å²) in [6, 6.07) is 14.3. The lowest BCUT2D eigenvalue weighted by molar-refractivity contribution is 0.268. The molecule has 6 nitrogen and oxygen atoms in total. The minimum absolute atomic E-state index is 0.294. The predicted octanol–water partition coefficient (Wildman–Crippen LogP) is 3.16. The van der Waals surface area contributed by atoms with E-state index < -0.39 is 10.0 Å². The van der Waals surface area contributed by atoms with Crippen LogP contribution in [0, 0.1) is 0 Å². The lowest BCUT2D eigenvalue weighted by Crippen LogP contribution is -2.51. The van der Waals surface area contributed by atoms with E-state index in [1.165, 1.54) is 4.31 Å². The van der Waals surface area contributed by atoms with E-state index >= 15 is 0 Å². The molecule has 0 aliphatic carbocycles. The molecule has 9 heteroatoms. The Hall–Kier alpha value is -1.68. The van der Waals surface area contributed by atoms with Gasteiger partial charge in [0.05, 0.1) is 12.0 Å². The van der Waals surface area contributed by atoms with Gasteiger partial charge < -0.3 is 15.0 Å². The second kappa shape index (κ2) is 8.55. The first-order valence-corrected chi connectivity index (χ1v) is 11.0. The van der Waals surface area contributed by atoms with Gasteiger partial charge in [-0.05, 0) is 42.5 Å². The Labute approximate surface area is 173 Å². The molecule has 0 saturated carbocycles. The lowest BCUT2D eigenvalue weighted by Gasteiger charge is -2.35. The van der Waals surface area contributed by atoms with Crippen molar-refractivity contribution in [1.29, 1.82) is 0 Å². The summed E-state index contributed by atoms with van der Waals surface area (Å²) in [6.07, 6.45) is 0. The topological polar surface area (TPSA) is 61.9 Å². The number of hydrogen-bond donors (Lipinski definition) is 1. The SMILES string of the molecule is COc1cccc(NC(=S)N2CCN(S(=O)(=O)c3cccc(Br)c3)CC2)c1. The predicted molar refractivity (Wildman–Crippen MR) is 114 cm³/mol. The molecule has 0 bridgehead atoms. The second-order valence-electron chi connectivity index (χ2n) is 6.01. The molecule has 0 spiro atoms. The molecule has 1 aliphatic rings. The van der Waals surface area contributed by atoms with Crippen molar-refractivity contribution in [3.8, 4) is 5.75 Å². The standard InChI is InChI=1S/C18H20BrN3O3S2/c1-25-16-6-3-5-15(13-16)20-18(26)21-8-10-22(11-9-21)27(23,24)17-7-2-4-14(19)12-17/h2-7,12-13H,8-11H2,1H3,(H,20,26). The fraction of sp³-hybridized carbons (Fsp3) is 0.278. The van der Waals surface area contributed by atoms with Gasteiger partial charge in [-0.3, -0.25) is 0 Å². The van der Waals surface area contributed by atoms with Crippen LogP contribution in [0.15, 0.2) is 57.9 Å². The number of nitrogens with one attached hydrogen (secondary N) is 1. The molecular weight excluding hydrogens is 450 g/mol. The summed E-state index contributed by atoms with van der Waals surface area (Å²) in [5.41, 5.74) is 0.837. The molecule has 27 heavy (non-hydrogen) atoms. The highest BCUT2D eigenvalue weighted by atomic mass is 79.9. The van der Waals surface area contributed by atoms with Gasteiger partial charge in [0.25, 0.3) is 0 Å². The average Bonchev–Trinajstić information content (AvgIpc) is 2.68. The monoisotopic (exact) mass is 469 g/mol. The van der Waals surface area contributed by atoms with Gasteiger partial charge in [-0.2, -0.15) is 4.31 Å². The average molecular weight is 470 g/mol. The van der Waals surface area contributed by atoms with E-state index in [0.717, 1.165) is 15.9 Å².